The SMILES string of the molecule is COc1ccccc1N1CC(C(=O)NC(C)C2CC2)CC1=O. The Balaban J connectivity index is 1.68. The Hall–Kier alpha value is -2.04. The maximum atomic E-state index is 12.3. The van der Waals surface area contributed by atoms with E-state index >= 15 is 0 Å². The Morgan fingerprint density at radius 3 is 2.77 bits per heavy atom. The molecule has 1 aliphatic carbocycles. The largest absolute Gasteiger partial charge is 0.495 e. The van der Waals surface area contributed by atoms with Gasteiger partial charge in [-0.3, -0.25) is 9.59 Å². The van der Waals surface area contributed by atoms with Gasteiger partial charge in [-0.15, -0.1) is 0 Å². The van der Waals surface area contributed by atoms with Crippen molar-refractivity contribution in [3.8, 4) is 5.75 Å². The van der Waals surface area contributed by atoms with E-state index in [0.717, 1.165) is 5.69 Å². The van der Waals surface area contributed by atoms with E-state index < -0.39 is 0 Å². The van der Waals surface area contributed by atoms with Crippen LogP contribution in [0, 0.1) is 11.8 Å². The van der Waals surface area contributed by atoms with Crippen LogP contribution in [0.1, 0.15) is 26.2 Å². The summed E-state index contributed by atoms with van der Waals surface area (Å²) in [5, 5.41) is 3.06. The zero-order valence-corrected chi connectivity index (χ0v) is 13.0. The van der Waals surface area contributed by atoms with E-state index in [2.05, 4.69) is 5.32 Å². The van der Waals surface area contributed by atoms with Crippen molar-refractivity contribution < 1.29 is 14.3 Å². The first-order valence-electron chi connectivity index (χ1n) is 7.84. The molecule has 0 radical (unpaired) electrons. The molecule has 0 bridgehead atoms. The van der Waals surface area contributed by atoms with E-state index in [1.165, 1.54) is 12.8 Å². The lowest BCUT2D eigenvalue weighted by atomic mass is 10.1. The summed E-state index contributed by atoms with van der Waals surface area (Å²) in [6.45, 7) is 2.47. The molecule has 22 heavy (non-hydrogen) atoms. The number of benzene rings is 1. The van der Waals surface area contributed by atoms with Gasteiger partial charge in [-0.2, -0.15) is 0 Å². The predicted octanol–water partition coefficient (Wildman–Crippen LogP) is 1.96. The van der Waals surface area contributed by atoms with E-state index in [0.29, 0.717) is 18.2 Å². The van der Waals surface area contributed by atoms with Crippen molar-refractivity contribution in [3.05, 3.63) is 24.3 Å². The minimum Gasteiger partial charge on any atom is -0.495 e. The van der Waals surface area contributed by atoms with Crippen LogP contribution in [0.3, 0.4) is 0 Å². The predicted molar refractivity (Wildman–Crippen MR) is 83.8 cm³/mol. The highest BCUT2D eigenvalue weighted by atomic mass is 16.5. The minimum absolute atomic E-state index is 0.00912. The van der Waals surface area contributed by atoms with Gasteiger partial charge in [-0.1, -0.05) is 12.1 Å². The zero-order chi connectivity index (χ0) is 15.7. The third-order valence-electron chi connectivity index (χ3n) is 4.57. The Kier molecular flexibility index (Phi) is 4.05. The molecule has 1 heterocycles. The lowest BCUT2D eigenvalue weighted by Crippen LogP contribution is -2.39. The van der Waals surface area contributed by atoms with Crippen LogP contribution < -0.4 is 15.0 Å². The van der Waals surface area contributed by atoms with Gasteiger partial charge in [0.2, 0.25) is 11.8 Å². The molecule has 1 saturated heterocycles. The Bertz CT molecular complexity index is 583. The fraction of sp³-hybridized carbons (Fsp3) is 0.529. The van der Waals surface area contributed by atoms with Gasteiger partial charge in [0.25, 0.3) is 0 Å². The number of nitrogens with zero attached hydrogens (tertiary/aromatic N) is 1. The monoisotopic (exact) mass is 302 g/mol. The number of amides is 2. The normalized spacial score (nSPS) is 22.5. The summed E-state index contributed by atoms with van der Waals surface area (Å²) in [7, 11) is 1.58. The number of para-hydroxylation sites is 2. The van der Waals surface area contributed by atoms with Crippen molar-refractivity contribution in [1.29, 1.82) is 0 Å². The van der Waals surface area contributed by atoms with Crippen LogP contribution in [-0.4, -0.2) is 31.5 Å². The number of hydrogen-bond acceptors (Lipinski definition) is 3. The molecule has 5 nitrogen and oxygen atoms in total. The second-order valence-electron chi connectivity index (χ2n) is 6.21. The van der Waals surface area contributed by atoms with Crippen LogP contribution >= 0.6 is 0 Å². The molecule has 1 N–H and O–H groups in total. The lowest BCUT2D eigenvalue weighted by Gasteiger charge is -2.20. The molecule has 2 amide bonds. The van der Waals surface area contributed by atoms with Crippen molar-refractivity contribution in [2.45, 2.75) is 32.2 Å². The fourth-order valence-electron chi connectivity index (χ4n) is 3.03. The standard InChI is InChI=1S/C17H22N2O3/c1-11(12-7-8-12)18-17(21)13-9-16(20)19(10-13)14-5-3-4-6-15(14)22-2/h3-6,11-13H,7-10H2,1-2H3,(H,18,21). The van der Waals surface area contributed by atoms with Gasteiger partial charge < -0.3 is 15.0 Å². The summed E-state index contributed by atoms with van der Waals surface area (Å²) < 4.78 is 5.31. The number of carbonyl (C=O) groups excluding carboxylic acids is 2. The van der Waals surface area contributed by atoms with Crippen LogP contribution in [0.15, 0.2) is 24.3 Å². The van der Waals surface area contributed by atoms with Crippen molar-refractivity contribution >= 4 is 17.5 Å². The molecular weight excluding hydrogens is 280 g/mol. The lowest BCUT2D eigenvalue weighted by molar-refractivity contribution is -0.126. The van der Waals surface area contributed by atoms with Gasteiger partial charge in [0.15, 0.2) is 0 Å². The molecule has 118 valence electrons. The third-order valence-corrected chi connectivity index (χ3v) is 4.57. The summed E-state index contributed by atoms with van der Waals surface area (Å²) in [6, 6.07) is 7.62. The van der Waals surface area contributed by atoms with Gasteiger partial charge in [-0.05, 0) is 37.8 Å². The molecule has 2 atom stereocenters. The van der Waals surface area contributed by atoms with E-state index in [4.69, 9.17) is 4.74 Å². The average molecular weight is 302 g/mol. The van der Waals surface area contributed by atoms with Gasteiger partial charge in [0, 0.05) is 19.0 Å². The van der Waals surface area contributed by atoms with Crippen LogP contribution in [-0.2, 0) is 9.59 Å². The average Bonchev–Trinajstić information content (AvgIpc) is 3.30. The van der Waals surface area contributed by atoms with Crippen molar-refractivity contribution in [2.75, 3.05) is 18.6 Å². The van der Waals surface area contributed by atoms with Gasteiger partial charge in [0.05, 0.1) is 18.7 Å². The first kappa shape index (κ1) is 14.9. The van der Waals surface area contributed by atoms with Gasteiger partial charge in [0.1, 0.15) is 5.75 Å². The molecule has 5 heteroatoms. The highest BCUT2D eigenvalue weighted by Gasteiger charge is 2.38. The minimum atomic E-state index is -0.279. The number of carbonyl (C=O) groups is 2. The van der Waals surface area contributed by atoms with Crippen molar-refractivity contribution in [1.82, 2.24) is 5.32 Å². The smallest absolute Gasteiger partial charge is 0.227 e. The molecule has 1 aromatic carbocycles. The number of ether oxygens (including phenoxy) is 1. The summed E-state index contributed by atoms with van der Waals surface area (Å²) in [6.07, 6.45) is 2.65. The molecule has 1 aliphatic heterocycles. The first-order chi connectivity index (χ1) is 10.6. The number of rotatable bonds is 5. The third kappa shape index (κ3) is 2.93. The Labute approximate surface area is 130 Å². The van der Waals surface area contributed by atoms with Crippen LogP contribution in [0.5, 0.6) is 5.75 Å². The number of hydrogen-bond donors (Lipinski definition) is 1. The topological polar surface area (TPSA) is 58.6 Å². The van der Waals surface area contributed by atoms with Crippen molar-refractivity contribution in [2.24, 2.45) is 11.8 Å². The second-order valence-corrected chi connectivity index (χ2v) is 6.21. The Morgan fingerprint density at radius 2 is 2.09 bits per heavy atom. The summed E-state index contributed by atoms with van der Waals surface area (Å²) in [5.74, 6) is 0.960. The zero-order valence-electron chi connectivity index (χ0n) is 13.0. The van der Waals surface area contributed by atoms with E-state index in [9.17, 15) is 9.59 Å². The molecule has 2 fully saturated rings. The van der Waals surface area contributed by atoms with E-state index in [1.807, 2.05) is 31.2 Å². The number of methoxy groups -OCH3 is 1. The van der Waals surface area contributed by atoms with Crippen LogP contribution in [0.2, 0.25) is 0 Å². The van der Waals surface area contributed by atoms with E-state index in [-0.39, 0.29) is 30.2 Å². The highest BCUT2D eigenvalue weighted by molar-refractivity contribution is 6.01. The van der Waals surface area contributed by atoms with Crippen LogP contribution in [0.4, 0.5) is 5.69 Å². The second kappa shape index (κ2) is 5.99. The Morgan fingerprint density at radius 1 is 1.36 bits per heavy atom. The number of anilines is 1. The number of nitrogens with one attached hydrogen (secondary N) is 1. The van der Waals surface area contributed by atoms with Crippen molar-refractivity contribution in [3.63, 3.8) is 0 Å². The maximum Gasteiger partial charge on any atom is 0.227 e. The molecular formula is C17H22N2O3. The molecule has 0 spiro atoms. The molecule has 0 aromatic heterocycles. The molecule has 1 aromatic rings. The first-order valence-corrected chi connectivity index (χ1v) is 7.84. The molecule has 1 saturated carbocycles. The summed E-state index contributed by atoms with van der Waals surface area (Å²) in [4.78, 5) is 26.3. The summed E-state index contributed by atoms with van der Waals surface area (Å²) >= 11 is 0. The molecule has 3 rings (SSSR count). The quantitative estimate of drug-likeness (QED) is 0.904. The van der Waals surface area contributed by atoms with Gasteiger partial charge >= 0.3 is 0 Å². The summed E-state index contributed by atoms with van der Waals surface area (Å²) in [5.41, 5.74) is 0.737. The highest BCUT2D eigenvalue weighted by Crippen LogP contribution is 2.34. The van der Waals surface area contributed by atoms with Gasteiger partial charge in [-0.25, -0.2) is 0 Å². The van der Waals surface area contributed by atoms with Crippen LogP contribution in [0.25, 0.3) is 0 Å². The molecule has 2 aliphatic rings. The van der Waals surface area contributed by atoms with E-state index in [1.54, 1.807) is 12.0 Å². The fourth-order valence-corrected chi connectivity index (χ4v) is 3.03. The maximum absolute atomic E-state index is 12.3. The molecule has 2 unspecified atom stereocenters.